The second kappa shape index (κ2) is 6.57. The Morgan fingerprint density at radius 3 is 3.05 bits per heavy atom. The number of carbonyl (C=O) groups excluding carboxylic acids is 1. The zero-order valence-electron chi connectivity index (χ0n) is 10.8. The first kappa shape index (κ1) is 13.9. The van der Waals surface area contributed by atoms with Crippen LogP contribution in [-0.2, 0) is 4.79 Å². The third kappa shape index (κ3) is 3.96. The van der Waals surface area contributed by atoms with E-state index in [0.29, 0.717) is 12.3 Å². The fraction of sp³-hybridized carbons (Fsp3) is 0.267. The molecular formula is C15H16BrNO2. The van der Waals surface area contributed by atoms with Crippen molar-refractivity contribution in [3.63, 3.8) is 0 Å². The maximum absolute atomic E-state index is 11.5. The Labute approximate surface area is 120 Å². The van der Waals surface area contributed by atoms with Gasteiger partial charge in [0, 0.05) is 22.5 Å². The molecule has 0 fully saturated rings. The van der Waals surface area contributed by atoms with Crippen LogP contribution in [0, 0.1) is 0 Å². The van der Waals surface area contributed by atoms with Gasteiger partial charge in [0.25, 0.3) is 0 Å². The third-order valence-electron chi connectivity index (χ3n) is 2.73. The van der Waals surface area contributed by atoms with E-state index in [4.69, 9.17) is 4.42 Å². The average molecular weight is 322 g/mol. The molecule has 4 heteroatoms. The van der Waals surface area contributed by atoms with Crippen molar-refractivity contribution in [2.75, 3.05) is 6.54 Å². The first-order chi connectivity index (χ1) is 9.19. The van der Waals surface area contributed by atoms with Crippen molar-refractivity contribution in [1.82, 2.24) is 5.32 Å². The molecule has 1 heterocycles. The summed E-state index contributed by atoms with van der Waals surface area (Å²) in [5, 5.41) is 3.84. The van der Waals surface area contributed by atoms with Crippen molar-refractivity contribution in [3.8, 4) is 0 Å². The number of fused-ring (bicyclic) bond motifs is 1. The van der Waals surface area contributed by atoms with E-state index in [9.17, 15) is 4.79 Å². The lowest BCUT2D eigenvalue weighted by atomic mass is 10.2. The maximum Gasteiger partial charge on any atom is 0.244 e. The summed E-state index contributed by atoms with van der Waals surface area (Å²) >= 11 is 3.42. The van der Waals surface area contributed by atoms with Gasteiger partial charge in [0.05, 0.1) is 0 Å². The number of amides is 1. The lowest BCUT2D eigenvalue weighted by Crippen LogP contribution is -2.21. The van der Waals surface area contributed by atoms with Gasteiger partial charge >= 0.3 is 0 Å². The van der Waals surface area contributed by atoms with Crippen LogP contribution in [0.15, 0.2) is 39.2 Å². The molecule has 0 radical (unpaired) electrons. The SMILES string of the molecule is CCCCNC(=O)/C=C/c1cc2cc(Br)ccc2o1. The van der Waals surface area contributed by atoms with Crippen LogP contribution in [0.5, 0.6) is 0 Å². The van der Waals surface area contributed by atoms with Crippen LogP contribution in [0.1, 0.15) is 25.5 Å². The van der Waals surface area contributed by atoms with Crippen molar-refractivity contribution in [1.29, 1.82) is 0 Å². The monoisotopic (exact) mass is 321 g/mol. The maximum atomic E-state index is 11.5. The third-order valence-corrected chi connectivity index (χ3v) is 3.22. The van der Waals surface area contributed by atoms with Crippen LogP contribution in [0.2, 0.25) is 0 Å². The van der Waals surface area contributed by atoms with Gasteiger partial charge in [-0.15, -0.1) is 0 Å². The highest BCUT2D eigenvalue weighted by atomic mass is 79.9. The van der Waals surface area contributed by atoms with Gasteiger partial charge in [0.2, 0.25) is 5.91 Å². The van der Waals surface area contributed by atoms with Crippen LogP contribution in [0.4, 0.5) is 0 Å². The van der Waals surface area contributed by atoms with E-state index in [2.05, 4.69) is 28.2 Å². The van der Waals surface area contributed by atoms with E-state index >= 15 is 0 Å². The second-order valence-electron chi connectivity index (χ2n) is 4.31. The molecule has 0 atom stereocenters. The van der Waals surface area contributed by atoms with Crippen LogP contribution < -0.4 is 5.32 Å². The van der Waals surface area contributed by atoms with Gasteiger partial charge in [-0.25, -0.2) is 0 Å². The van der Waals surface area contributed by atoms with Gasteiger partial charge in [-0.2, -0.15) is 0 Å². The molecule has 0 saturated heterocycles. The van der Waals surface area contributed by atoms with Crippen LogP contribution in [0.25, 0.3) is 17.0 Å². The lowest BCUT2D eigenvalue weighted by molar-refractivity contribution is -0.116. The molecule has 0 aliphatic rings. The molecule has 19 heavy (non-hydrogen) atoms. The molecule has 100 valence electrons. The van der Waals surface area contributed by atoms with Gasteiger partial charge in [-0.1, -0.05) is 29.3 Å². The number of nitrogens with one attached hydrogen (secondary N) is 1. The van der Waals surface area contributed by atoms with Crippen molar-refractivity contribution in [2.45, 2.75) is 19.8 Å². The highest BCUT2D eigenvalue weighted by Crippen LogP contribution is 2.23. The number of halogens is 1. The minimum atomic E-state index is -0.0879. The molecule has 0 bridgehead atoms. The minimum Gasteiger partial charge on any atom is -0.457 e. The molecule has 0 unspecified atom stereocenters. The Kier molecular flexibility index (Phi) is 4.80. The highest BCUT2D eigenvalue weighted by molar-refractivity contribution is 9.10. The van der Waals surface area contributed by atoms with Gasteiger partial charge < -0.3 is 9.73 Å². The Balaban J connectivity index is 2.02. The highest BCUT2D eigenvalue weighted by Gasteiger charge is 2.02. The molecule has 1 amide bonds. The molecule has 0 aliphatic carbocycles. The first-order valence-corrected chi connectivity index (χ1v) is 7.13. The summed E-state index contributed by atoms with van der Waals surface area (Å²) in [5.41, 5.74) is 0.814. The molecule has 0 saturated carbocycles. The number of furan rings is 1. The fourth-order valence-corrected chi connectivity index (χ4v) is 2.10. The topological polar surface area (TPSA) is 42.2 Å². The zero-order chi connectivity index (χ0) is 13.7. The van der Waals surface area contributed by atoms with Crippen molar-refractivity contribution in [2.24, 2.45) is 0 Å². The molecule has 1 aromatic heterocycles. The van der Waals surface area contributed by atoms with E-state index in [1.807, 2.05) is 24.3 Å². The average Bonchev–Trinajstić information content (AvgIpc) is 2.78. The summed E-state index contributed by atoms with van der Waals surface area (Å²) in [4.78, 5) is 11.5. The Hall–Kier alpha value is -1.55. The van der Waals surface area contributed by atoms with E-state index in [1.54, 1.807) is 6.08 Å². The summed E-state index contributed by atoms with van der Waals surface area (Å²) in [7, 11) is 0. The predicted molar refractivity (Wildman–Crippen MR) is 80.9 cm³/mol. The summed E-state index contributed by atoms with van der Waals surface area (Å²) in [6.45, 7) is 2.81. The molecule has 0 spiro atoms. The largest absolute Gasteiger partial charge is 0.457 e. The quantitative estimate of drug-likeness (QED) is 0.664. The standard InChI is InChI=1S/C15H16BrNO2/c1-2-3-8-17-15(18)7-5-13-10-11-9-12(16)4-6-14(11)19-13/h4-7,9-10H,2-3,8H2,1H3,(H,17,18)/b7-5+. The van der Waals surface area contributed by atoms with Crippen LogP contribution >= 0.6 is 15.9 Å². The summed E-state index contributed by atoms with van der Waals surface area (Å²) in [5.74, 6) is 0.592. The van der Waals surface area contributed by atoms with E-state index < -0.39 is 0 Å². The summed E-state index contributed by atoms with van der Waals surface area (Å²) < 4.78 is 6.62. The molecule has 0 aliphatic heterocycles. The van der Waals surface area contributed by atoms with E-state index in [0.717, 1.165) is 28.3 Å². The molecule has 2 rings (SSSR count). The number of benzene rings is 1. The predicted octanol–water partition coefficient (Wildman–Crippen LogP) is 4.12. The molecule has 1 aromatic carbocycles. The lowest BCUT2D eigenvalue weighted by Gasteiger charge is -1.98. The van der Waals surface area contributed by atoms with Gasteiger partial charge in [-0.3, -0.25) is 4.79 Å². The van der Waals surface area contributed by atoms with Gasteiger partial charge in [-0.05, 0) is 36.8 Å². The zero-order valence-corrected chi connectivity index (χ0v) is 12.4. The summed E-state index contributed by atoms with van der Waals surface area (Å²) in [6, 6.07) is 7.72. The normalized spacial score (nSPS) is 11.3. The fourth-order valence-electron chi connectivity index (χ4n) is 1.72. The second-order valence-corrected chi connectivity index (χ2v) is 5.22. The van der Waals surface area contributed by atoms with Gasteiger partial charge in [0.1, 0.15) is 11.3 Å². The van der Waals surface area contributed by atoms with Crippen molar-refractivity contribution < 1.29 is 9.21 Å². The molecular weight excluding hydrogens is 306 g/mol. The first-order valence-electron chi connectivity index (χ1n) is 6.34. The van der Waals surface area contributed by atoms with E-state index in [-0.39, 0.29) is 5.91 Å². The smallest absolute Gasteiger partial charge is 0.244 e. The van der Waals surface area contributed by atoms with Crippen LogP contribution in [0.3, 0.4) is 0 Å². The van der Waals surface area contributed by atoms with Gasteiger partial charge in [0.15, 0.2) is 0 Å². The Morgan fingerprint density at radius 2 is 2.26 bits per heavy atom. The van der Waals surface area contributed by atoms with Crippen LogP contribution in [-0.4, -0.2) is 12.5 Å². The Morgan fingerprint density at radius 1 is 1.42 bits per heavy atom. The number of unbranched alkanes of at least 4 members (excludes halogenated alkanes) is 1. The minimum absolute atomic E-state index is 0.0879. The Bertz CT molecular complexity index is 601. The van der Waals surface area contributed by atoms with E-state index in [1.165, 1.54) is 6.08 Å². The molecule has 2 aromatic rings. The number of carbonyl (C=O) groups is 1. The summed E-state index contributed by atoms with van der Waals surface area (Å²) in [6.07, 6.45) is 5.26. The number of rotatable bonds is 5. The molecule has 1 N–H and O–H groups in total. The van der Waals surface area contributed by atoms with Crippen molar-refractivity contribution >= 4 is 38.9 Å². The number of hydrogen-bond donors (Lipinski definition) is 1. The number of hydrogen-bond acceptors (Lipinski definition) is 2. The molecule has 3 nitrogen and oxygen atoms in total. The van der Waals surface area contributed by atoms with Crippen molar-refractivity contribution in [3.05, 3.63) is 40.6 Å².